The van der Waals surface area contributed by atoms with Crippen molar-refractivity contribution in [1.29, 1.82) is 0 Å². The van der Waals surface area contributed by atoms with Gasteiger partial charge in [0.1, 0.15) is 24.4 Å². The van der Waals surface area contributed by atoms with Gasteiger partial charge in [0, 0.05) is 18.2 Å². The van der Waals surface area contributed by atoms with Gasteiger partial charge in [-0.25, -0.2) is 0 Å². The molecule has 0 aromatic heterocycles. The van der Waals surface area contributed by atoms with Crippen molar-refractivity contribution in [2.24, 2.45) is 0 Å². The molecule has 8 heteroatoms. The number of aliphatic hydroxyl groups excluding tert-OH is 4. The van der Waals surface area contributed by atoms with Gasteiger partial charge < -0.3 is 35.0 Å². The van der Waals surface area contributed by atoms with Crippen molar-refractivity contribution in [3.05, 3.63) is 47.0 Å². The molecule has 2 aromatic rings. The number of fused-ring (bicyclic) bond motifs is 2. The topological polar surface area (TPSA) is 123 Å². The Morgan fingerprint density at radius 3 is 2.65 bits per heavy atom. The molecule has 1 aliphatic carbocycles. The summed E-state index contributed by atoms with van der Waals surface area (Å²) in [5, 5.41) is 50.8. The largest absolute Gasteiger partial charge is 0.504 e. The van der Waals surface area contributed by atoms with Crippen LogP contribution in [0.25, 0.3) is 11.1 Å². The maximum Gasteiger partial charge on any atom is 0.229 e. The van der Waals surface area contributed by atoms with Gasteiger partial charge in [-0.05, 0) is 48.2 Å². The number of aromatic hydroxyl groups is 1. The van der Waals surface area contributed by atoms with Crippen LogP contribution in [0.1, 0.15) is 22.7 Å². The van der Waals surface area contributed by atoms with Gasteiger partial charge in [0.05, 0.1) is 6.61 Å². The number of likely N-dealkylation sites (N-methyl/N-ethyl adjacent to an activating group) is 1. The van der Waals surface area contributed by atoms with Crippen LogP contribution in [-0.4, -0.2) is 81.3 Å². The van der Waals surface area contributed by atoms with Crippen LogP contribution in [0.15, 0.2) is 30.3 Å². The number of rotatable bonds is 3. The fourth-order valence-electron chi connectivity index (χ4n) is 5.05. The van der Waals surface area contributed by atoms with E-state index in [-0.39, 0.29) is 17.5 Å². The Balaban J connectivity index is 1.52. The van der Waals surface area contributed by atoms with E-state index in [1.54, 1.807) is 6.07 Å². The van der Waals surface area contributed by atoms with Crippen LogP contribution in [0.2, 0.25) is 0 Å². The number of benzene rings is 2. The summed E-state index contributed by atoms with van der Waals surface area (Å²) in [4.78, 5) is 2.34. The van der Waals surface area contributed by atoms with E-state index in [9.17, 15) is 25.5 Å². The van der Waals surface area contributed by atoms with Crippen LogP contribution in [0.5, 0.6) is 11.5 Å². The van der Waals surface area contributed by atoms with E-state index in [1.807, 2.05) is 18.2 Å². The van der Waals surface area contributed by atoms with Gasteiger partial charge in [-0.1, -0.05) is 24.3 Å². The Morgan fingerprint density at radius 1 is 1.06 bits per heavy atom. The highest BCUT2D eigenvalue weighted by molar-refractivity contribution is 5.82. The van der Waals surface area contributed by atoms with Gasteiger partial charge in [0.25, 0.3) is 0 Å². The van der Waals surface area contributed by atoms with E-state index in [2.05, 4.69) is 18.0 Å². The van der Waals surface area contributed by atoms with Gasteiger partial charge in [-0.15, -0.1) is 0 Å². The van der Waals surface area contributed by atoms with Crippen LogP contribution in [0.3, 0.4) is 0 Å². The molecule has 31 heavy (non-hydrogen) atoms. The molecule has 166 valence electrons. The molecule has 1 fully saturated rings. The maximum atomic E-state index is 11.1. The highest BCUT2D eigenvalue weighted by atomic mass is 16.7. The molecule has 2 aliphatic heterocycles. The lowest BCUT2D eigenvalue weighted by Crippen LogP contribution is -2.60. The van der Waals surface area contributed by atoms with Gasteiger partial charge in [-0.3, -0.25) is 4.90 Å². The monoisotopic (exact) mass is 429 g/mol. The molecule has 2 heterocycles. The van der Waals surface area contributed by atoms with Crippen LogP contribution >= 0.6 is 0 Å². The average Bonchev–Trinajstić information content (AvgIpc) is 2.78. The predicted molar refractivity (Wildman–Crippen MR) is 111 cm³/mol. The second kappa shape index (κ2) is 7.74. The van der Waals surface area contributed by atoms with Crippen molar-refractivity contribution in [3.63, 3.8) is 0 Å². The van der Waals surface area contributed by atoms with Crippen molar-refractivity contribution >= 4 is 0 Å². The second-order valence-corrected chi connectivity index (χ2v) is 8.59. The Kier molecular flexibility index (Phi) is 5.16. The summed E-state index contributed by atoms with van der Waals surface area (Å²) in [5.41, 5.74) is 5.18. The molecular formula is C23H27NO7. The molecule has 1 saturated heterocycles. The molecule has 0 spiro atoms. The first-order valence-electron chi connectivity index (χ1n) is 10.5. The molecule has 5 rings (SSSR count). The summed E-state index contributed by atoms with van der Waals surface area (Å²) in [7, 11) is 2.12. The van der Waals surface area contributed by atoms with Crippen LogP contribution in [-0.2, 0) is 17.6 Å². The Bertz CT molecular complexity index is 994. The van der Waals surface area contributed by atoms with E-state index in [0.29, 0.717) is 5.56 Å². The van der Waals surface area contributed by atoms with Gasteiger partial charge >= 0.3 is 0 Å². The normalized spacial score (nSPS) is 32.3. The molecule has 8 nitrogen and oxygen atoms in total. The summed E-state index contributed by atoms with van der Waals surface area (Å²) < 4.78 is 11.2. The van der Waals surface area contributed by atoms with E-state index >= 15 is 0 Å². The molecule has 0 saturated carbocycles. The smallest absolute Gasteiger partial charge is 0.229 e. The minimum Gasteiger partial charge on any atom is -0.504 e. The summed E-state index contributed by atoms with van der Waals surface area (Å²) in [6.45, 7) is 0.437. The number of nitrogens with zero attached hydrogens (tertiary/aromatic N) is 1. The van der Waals surface area contributed by atoms with E-state index in [1.165, 1.54) is 11.1 Å². The molecule has 1 unspecified atom stereocenters. The number of phenols is 1. The van der Waals surface area contributed by atoms with Crippen molar-refractivity contribution in [2.45, 2.75) is 49.6 Å². The SMILES string of the molecule is CN1CCc2cccc3c2C1Cc1ccc(O[C@H]2O[C@@H](CO)[C@H](O)[C@@H](O)[C@@H]2O)c(O)c1-3. The first-order chi connectivity index (χ1) is 14.9. The third-order valence-electron chi connectivity index (χ3n) is 6.80. The van der Waals surface area contributed by atoms with Crippen molar-refractivity contribution in [3.8, 4) is 22.6 Å². The minimum absolute atomic E-state index is 0.0606. The summed E-state index contributed by atoms with van der Waals surface area (Å²) in [5.74, 6) is 0.0397. The van der Waals surface area contributed by atoms with E-state index in [0.717, 1.165) is 30.5 Å². The Hall–Kier alpha value is -2.20. The van der Waals surface area contributed by atoms with Crippen LogP contribution in [0, 0.1) is 0 Å². The van der Waals surface area contributed by atoms with Gasteiger partial charge in [0.15, 0.2) is 11.5 Å². The average molecular weight is 429 g/mol. The lowest BCUT2D eigenvalue weighted by molar-refractivity contribution is -0.277. The minimum atomic E-state index is -1.55. The molecule has 0 radical (unpaired) electrons. The van der Waals surface area contributed by atoms with Gasteiger partial charge in [0.2, 0.25) is 6.29 Å². The highest BCUT2D eigenvalue weighted by Gasteiger charge is 2.45. The first kappa shape index (κ1) is 20.7. The standard InChI is InChI=1S/C23H27NO7/c1-24-8-7-11-3-2-4-13-17(11)14(24)9-12-5-6-15(19(26)18(12)13)30-23-22(29)21(28)20(27)16(10-25)31-23/h2-6,14,16,20-23,25-29H,7-10H2,1H3/t14?,16-,20-,21+,22-,23-/m0/s1. The molecular weight excluding hydrogens is 402 g/mol. The number of hydrogen-bond donors (Lipinski definition) is 5. The lowest BCUT2D eigenvalue weighted by Gasteiger charge is -2.41. The third-order valence-corrected chi connectivity index (χ3v) is 6.80. The number of hydrogen-bond acceptors (Lipinski definition) is 8. The molecule has 6 atom stereocenters. The van der Waals surface area contributed by atoms with Gasteiger partial charge in [-0.2, -0.15) is 0 Å². The summed E-state index contributed by atoms with van der Waals surface area (Å²) in [6, 6.07) is 9.90. The fraction of sp³-hybridized carbons (Fsp3) is 0.478. The van der Waals surface area contributed by atoms with Crippen LogP contribution in [0.4, 0.5) is 0 Å². The van der Waals surface area contributed by atoms with E-state index < -0.39 is 37.3 Å². The van der Waals surface area contributed by atoms with Crippen molar-refractivity contribution in [2.75, 3.05) is 20.2 Å². The van der Waals surface area contributed by atoms with Crippen molar-refractivity contribution < 1.29 is 35.0 Å². The lowest BCUT2D eigenvalue weighted by atomic mass is 9.77. The number of ether oxygens (including phenoxy) is 2. The zero-order valence-corrected chi connectivity index (χ0v) is 17.2. The zero-order valence-electron chi connectivity index (χ0n) is 17.2. The third kappa shape index (κ3) is 3.22. The quantitative estimate of drug-likeness (QED) is 0.473. The summed E-state index contributed by atoms with van der Waals surface area (Å²) in [6.07, 6.45) is -5.28. The predicted octanol–water partition coefficient (Wildman–Crippen LogP) is 0.323. The number of aliphatic hydroxyl groups is 4. The maximum absolute atomic E-state index is 11.1. The molecule has 2 aromatic carbocycles. The Morgan fingerprint density at radius 2 is 1.87 bits per heavy atom. The molecule has 5 N–H and O–H groups in total. The number of phenolic OH excluding ortho intramolecular Hbond substituents is 1. The second-order valence-electron chi connectivity index (χ2n) is 8.59. The Labute approximate surface area is 179 Å². The first-order valence-corrected chi connectivity index (χ1v) is 10.5. The molecule has 0 bridgehead atoms. The summed E-state index contributed by atoms with van der Waals surface area (Å²) >= 11 is 0. The fourth-order valence-corrected chi connectivity index (χ4v) is 5.05. The zero-order chi connectivity index (χ0) is 21.9. The molecule has 3 aliphatic rings. The van der Waals surface area contributed by atoms with E-state index in [4.69, 9.17) is 9.47 Å². The van der Waals surface area contributed by atoms with Crippen molar-refractivity contribution in [1.82, 2.24) is 4.90 Å². The van der Waals surface area contributed by atoms with Crippen LogP contribution < -0.4 is 4.74 Å². The molecule has 0 amide bonds. The highest BCUT2D eigenvalue weighted by Crippen LogP contribution is 2.50.